The first-order chi connectivity index (χ1) is 26.3. The van der Waals surface area contributed by atoms with E-state index in [0.717, 1.165) is 17.1 Å². The van der Waals surface area contributed by atoms with Gasteiger partial charge < -0.3 is 4.90 Å². The van der Waals surface area contributed by atoms with Crippen molar-refractivity contribution >= 4 is 27.8 Å². The third kappa shape index (κ3) is 6.65. The summed E-state index contributed by atoms with van der Waals surface area (Å²) in [6.45, 7) is 0. The van der Waals surface area contributed by atoms with Crippen molar-refractivity contribution in [1.29, 1.82) is 0 Å². The molecular weight excluding hydrogens is 639 g/mol. The van der Waals surface area contributed by atoms with Crippen LogP contribution in [-0.2, 0) is 0 Å². The van der Waals surface area contributed by atoms with E-state index in [1.807, 2.05) is 0 Å². The van der Waals surface area contributed by atoms with E-state index in [2.05, 4.69) is 229 Å². The highest BCUT2D eigenvalue weighted by atomic mass is 15.1. The second-order valence-corrected chi connectivity index (χ2v) is 13.4. The molecule has 0 N–H and O–H groups in total. The van der Waals surface area contributed by atoms with Gasteiger partial charge in [0.1, 0.15) is 0 Å². The maximum absolute atomic E-state index is 2.33. The van der Waals surface area contributed by atoms with E-state index < -0.39 is 0 Å². The summed E-state index contributed by atoms with van der Waals surface area (Å²) in [6, 6.07) is 80.7. The van der Waals surface area contributed by atoms with Crippen LogP contribution in [0.2, 0.25) is 0 Å². The predicted octanol–water partition coefficient (Wildman–Crippen LogP) is 14.6. The van der Waals surface area contributed by atoms with Crippen molar-refractivity contribution in [2.45, 2.75) is 0 Å². The van der Waals surface area contributed by atoms with Crippen LogP contribution in [0, 0.1) is 0 Å². The van der Waals surface area contributed by atoms with Gasteiger partial charge in [0.25, 0.3) is 0 Å². The molecule has 0 amide bonds. The third-order valence-corrected chi connectivity index (χ3v) is 10.1. The van der Waals surface area contributed by atoms with E-state index in [1.54, 1.807) is 0 Å². The van der Waals surface area contributed by atoms with E-state index in [9.17, 15) is 0 Å². The molecule has 9 aromatic rings. The highest BCUT2D eigenvalue weighted by molar-refractivity contribution is 5.89. The van der Waals surface area contributed by atoms with Crippen LogP contribution in [0.1, 0.15) is 0 Å². The fourth-order valence-corrected chi connectivity index (χ4v) is 7.30. The second kappa shape index (κ2) is 14.3. The van der Waals surface area contributed by atoms with E-state index in [0.29, 0.717) is 0 Å². The van der Waals surface area contributed by atoms with E-state index in [-0.39, 0.29) is 0 Å². The maximum atomic E-state index is 2.33. The van der Waals surface area contributed by atoms with Crippen LogP contribution in [0.25, 0.3) is 66.4 Å². The molecule has 9 rings (SSSR count). The molecule has 0 saturated heterocycles. The lowest BCUT2D eigenvalue weighted by molar-refractivity contribution is 1.28. The minimum absolute atomic E-state index is 1.11. The molecule has 53 heavy (non-hydrogen) atoms. The SMILES string of the molecule is c1ccc(-c2ccc(-c3ccc(-c4ccc(N(c5ccccc5)c5ccc(-c6ccc7ccccc7c6)cc5)cc4)cc3)cc2-c2ccccc2)cc1. The summed E-state index contributed by atoms with van der Waals surface area (Å²) in [5.41, 5.74) is 15.5. The van der Waals surface area contributed by atoms with Gasteiger partial charge in [0.15, 0.2) is 0 Å². The zero-order valence-corrected chi connectivity index (χ0v) is 29.3. The summed E-state index contributed by atoms with van der Waals surface area (Å²) in [5.74, 6) is 0. The summed E-state index contributed by atoms with van der Waals surface area (Å²) in [7, 11) is 0. The number of hydrogen-bond donors (Lipinski definition) is 0. The van der Waals surface area contributed by atoms with Crippen LogP contribution in [0.3, 0.4) is 0 Å². The lowest BCUT2D eigenvalue weighted by Gasteiger charge is -2.26. The Bertz CT molecular complexity index is 2610. The second-order valence-electron chi connectivity index (χ2n) is 13.4. The van der Waals surface area contributed by atoms with Crippen molar-refractivity contribution in [3.05, 3.63) is 224 Å². The minimum Gasteiger partial charge on any atom is -0.311 e. The van der Waals surface area contributed by atoms with Gasteiger partial charge in [0.05, 0.1) is 0 Å². The zero-order chi connectivity index (χ0) is 35.4. The molecule has 0 unspecified atom stereocenters. The quantitative estimate of drug-likeness (QED) is 0.155. The molecule has 0 bridgehead atoms. The summed E-state index contributed by atoms with van der Waals surface area (Å²) in [5, 5.41) is 2.51. The van der Waals surface area contributed by atoms with Crippen molar-refractivity contribution in [2.75, 3.05) is 4.90 Å². The number of fused-ring (bicyclic) bond motifs is 1. The fraction of sp³-hybridized carbons (Fsp3) is 0. The third-order valence-electron chi connectivity index (χ3n) is 10.1. The van der Waals surface area contributed by atoms with Crippen molar-refractivity contribution < 1.29 is 0 Å². The van der Waals surface area contributed by atoms with Crippen LogP contribution in [-0.4, -0.2) is 0 Å². The normalized spacial score (nSPS) is 11.0. The summed E-state index contributed by atoms with van der Waals surface area (Å²) < 4.78 is 0. The van der Waals surface area contributed by atoms with Gasteiger partial charge in [0, 0.05) is 17.1 Å². The Morgan fingerprint density at radius 2 is 0.585 bits per heavy atom. The van der Waals surface area contributed by atoms with E-state index >= 15 is 0 Å². The summed E-state index contributed by atoms with van der Waals surface area (Å²) in [6.07, 6.45) is 0. The summed E-state index contributed by atoms with van der Waals surface area (Å²) in [4.78, 5) is 2.32. The van der Waals surface area contributed by atoms with Gasteiger partial charge in [0.2, 0.25) is 0 Å². The zero-order valence-electron chi connectivity index (χ0n) is 29.3. The monoisotopic (exact) mass is 675 g/mol. The van der Waals surface area contributed by atoms with Gasteiger partial charge in [-0.1, -0.05) is 176 Å². The molecule has 0 saturated carbocycles. The molecule has 0 aromatic heterocycles. The number of hydrogen-bond acceptors (Lipinski definition) is 1. The molecule has 1 heteroatoms. The van der Waals surface area contributed by atoms with Gasteiger partial charge in [-0.05, 0) is 115 Å². The molecule has 250 valence electrons. The Hall–Kier alpha value is -6.96. The molecular formula is C52H37N. The molecule has 0 aliphatic carbocycles. The van der Waals surface area contributed by atoms with E-state index in [4.69, 9.17) is 0 Å². The Morgan fingerprint density at radius 1 is 0.208 bits per heavy atom. The van der Waals surface area contributed by atoms with Gasteiger partial charge in [-0.3, -0.25) is 0 Å². The average molecular weight is 676 g/mol. The molecule has 1 nitrogen and oxygen atoms in total. The smallest absolute Gasteiger partial charge is 0.0462 e. The topological polar surface area (TPSA) is 3.24 Å². The molecule has 9 aromatic carbocycles. The molecule has 0 spiro atoms. The van der Waals surface area contributed by atoms with Crippen LogP contribution in [0.15, 0.2) is 224 Å². The van der Waals surface area contributed by atoms with Gasteiger partial charge in [-0.2, -0.15) is 0 Å². The summed E-state index contributed by atoms with van der Waals surface area (Å²) >= 11 is 0. The molecule has 0 fully saturated rings. The van der Waals surface area contributed by atoms with Gasteiger partial charge >= 0.3 is 0 Å². The Balaban J connectivity index is 0.994. The Kier molecular flexibility index (Phi) is 8.66. The van der Waals surface area contributed by atoms with Crippen LogP contribution in [0.4, 0.5) is 17.1 Å². The molecule has 0 atom stereocenters. The standard InChI is InChI=1S/C52H37N/c1-4-13-43(14-5-1)51-35-30-47(37-52(51)44-15-6-2-7-16-44)41-22-20-39(21-23-41)40-26-31-49(32-27-40)53(48-18-8-3-9-19-48)50-33-28-42(29-34-50)46-25-24-38-12-10-11-17-45(38)36-46/h1-37H. The van der Waals surface area contributed by atoms with Crippen LogP contribution >= 0.6 is 0 Å². The van der Waals surface area contributed by atoms with Crippen molar-refractivity contribution in [1.82, 2.24) is 0 Å². The van der Waals surface area contributed by atoms with Crippen LogP contribution in [0.5, 0.6) is 0 Å². The first kappa shape index (κ1) is 32.0. The minimum atomic E-state index is 1.11. The maximum Gasteiger partial charge on any atom is 0.0462 e. The molecule has 0 radical (unpaired) electrons. The number of anilines is 3. The highest BCUT2D eigenvalue weighted by Gasteiger charge is 2.14. The Morgan fingerprint density at radius 3 is 1.15 bits per heavy atom. The van der Waals surface area contributed by atoms with Crippen molar-refractivity contribution in [3.8, 4) is 55.6 Å². The number of rotatable bonds is 8. The van der Waals surface area contributed by atoms with Crippen molar-refractivity contribution in [3.63, 3.8) is 0 Å². The first-order valence-electron chi connectivity index (χ1n) is 18.2. The average Bonchev–Trinajstić information content (AvgIpc) is 3.25. The van der Waals surface area contributed by atoms with Crippen LogP contribution < -0.4 is 4.90 Å². The lowest BCUT2D eigenvalue weighted by Crippen LogP contribution is -2.09. The lowest BCUT2D eigenvalue weighted by atomic mass is 9.91. The van der Waals surface area contributed by atoms with E-state index in [1.165, 1.54) is 66.4 Å². The number of para-hydroxylation sites is 1. The largest absolute Gasteiger partial charge is 0.311 e. The van der Waals surface area contributed by atoms with Gasteiger partial charge in [-0.25, -0.2) is 0 Å². The number of benzene rings is 9. The first-order valence-corrected chi connectivity index (χ1v) is 18.2. The predicted molar refractivity (Wildman–Crippen MR) is 226 cm³/mol. The highest BCUT2D eigenvalue weighted by Crippen LogP contribution is 2.39. The van der Waals surface area contributed by atoms with Gasteiger partial charge in [-0.15, -0.1) is 0 Å². The molecule has 0 aliphatic rings. The molecule has 0 heterocycles. The van der Waals surface area contributed by atoms with Crippen molar-refractivity contribution in [2.24, 2.45) is 0 Å². The Labute approximate surface area is 311 Å². The molecule has 0 aliphatic heterocycles. The number of nitrogens with zero attached hydrogens (tertiary/aromatic N) is 1. The fourth-order valence-electron chi connectivity index (χ4n) is 7.30.